The van der Waals surface area contributed by atoms with Crippen molar-refractivity contribution in [2.24, 2.45) is 0 Å². The Kier molecular flexibility index (Phi) is 3.92. The van der Waals surface area contributed by atoms with Gasteiger partial charge in [-0.25, -0.2) is 0 Å². The Labute approximate surface area is 117 Å². The maximum atomic E-state index is 5.69. The van der Waals surface area contributed by atoms with Crippen molar-refractivity contribution in [3.05, 3.63) is 58.1 Å². The summed E-state index contributed by atoms with van der Waals surface area (Å²) in [5.74, 6) is 0. The van der Waals surface area contributed by atoms with Crippen LogP contribution < -0.4 is 10.6 Å². The largest absolute Gasteiger partial charge is 0.399 e. The van der Waals surface area contributed by atoms with Crippen LogP contribution in [0, 0.1) is 6.92 Å². The lowest BCUT2D eigenvalue weighted by molar-refractivity contribution is 0.920. The average Bonchev–Trinajstić information content (AvgIpc) is 2.32. The number of hydrogen-bond acceptors (Lipinski definition) is 2. The van der Waals surface area contributed by atoms with Crippen molar-refractivity contribution in [2.45, 2.75) is 13.5 Å². The predicted molar refractivity (Wildman–Crippen MR) is 81.8 cm³/mol. The molecule has 0 saturated carbocycles. The Morgan fingerprint density at radius 2 is 1.78 bits per heavy atom. The zero-order valence-corrected chi connectivity index (χ0v) is 12.2. The lowest BCUT2D eigenvalue weighted by atomic mass is 10.1. The standard InChI is InChI=1S/C15H17BrN2/c1-11-3-8-15(14(16)9-11)18(2)10-12-4-6-13(17)7-5-12/h3-9H,10,17H2,1-2H3. The van der Waals surface area contributed by atoms with Crippen molar-refractivity contribution < 1.29 is 0 Å². The normalized spacial score (nSPS) is 10.4. The smallest absolute Gasteiger partial charge is 0.0511 e. The third kappa shape index (κ3) is 3.05. The summed E-state index contributed by atoms with van der Waals surface area (Å²) in [6, 6.07) is 14.4. The summed E-state index contributed by atoms with van der Waals surface area (Å²) in [7, 11) is 2.09. The first-order chi connectivity index (χ1) is 8.56. The highest BCUT2D eigenvalue weighted by molar-refractivity contribution is 9.10. The first-order valence-corrected chi connectivity index (χ1v) is 6.67. The number of nitrogens with zero attached hydrogens (tertiary/aromatic N) is 1. The molecule has 2 aromatic carbocycles. The van der Waals surface area contributed by atoms with Gasteiger partial charge in [0.1, 0.15) is 0 Å². The van der Waals surface area contributed by atoms with Gasteiger partial charge in [-0.1, -0.05) is 18.2 Å². The fourth-order valence-corrected chi connectivity index (χ4v) is 2.70. The van der Waals surface area contributed by atoms with Crippen LogP contribution in [0.2, 0.25) is 0 Å². The molecule has 0 heterocycles. The molecular formula is C15H17BrN2. The highest BCUT2D eigenvalue weighted by Crippen LogP contribution is 2.27. The summed E-state index contributed by atoms with van der Waals surface area (Å²) in [6.45, 7) is 2.95. The van der Waals surface area contributed by atoms with Crippen LogP contribution in [0.5, 0.6) is 0 Å². The molecule has 0 radical (unpaired) electrons. The van der Waals surface area contributed by atoms with Crippen LogP contribution >= 0.6 is 15.9 Å². The Bertz CT molecular complexity index is 535. The van der Waals surface area contributed by atoms with E-state index in [1.54, 1.807) is 0 Å². The van der Waals surface area contributed by atoms with Gasteiger partial charge in [-0.3, -0.25) is 0 Å². The van der Waals surface area contributed by atoms with Crippen LogP contribution in [0.4, 0.5) is 11.4 Å². The first kappa shape index (κ1) is 13.0. The topological polar surface area (TPSA) is 29.3 Å². The molecule has 2 aromatic rings. The van der Waals surface area contributed by atoms with Gasteiger partial charge in [0.05, 0.1) is 5.69 Å². The summed E-state index contributed by atoms with van der Waals surface area (Å²) >= 11 is 3.61. The zero-order valence-electron chi connectivity index (χ0n) is 10.7. The van der Waals surface area contributed by atoms with Gasteiger partial charge >= 0.3 is 0 Å². The number of nitrogens with two attached hydrogens (primary N) is 1. The molecule has 0 unspecified atom stereocenters. The van der Waals surface area contributed by atoms with E-state index in [-0.39, 0.29) is 0 Å². The van der Waals surface area contributed by atoms with Gasteiger partial charge in [-0.15, -0.1) is 0 Å². The van der Waals surface area contributed by atoms with Crippen LogP contribution in [-0.2, 0) is 6.54 Å². The van der Waals surface area contributed by atoms with Crippen LogP contribution in [0.3, 0.4) is 0 Å². The molecule has 0 amide bonds. The van der Waals surface area contributed by atoms with E-state index in [0.29, 0.717) is 0 Å². The fourth-order valence-electron chi connectivity index (χ4n) is 1.90. The minimum Gasteiger partial charge on any atom is -0.399 e. The Morgan fingerprint density at radius 3 is 2.39 bits per heavy atom. The number of hydrogen-bond donors (Lipinski definition) is 1. The van der Waals surface area contributed by atoms with Crippen molar-refractivity contribution >= 4 is 27.3 Å². The molecule has 0 bridgehead atoms. The van der Waals surface area contributed by atoms with Crippen LogP contribution in [0.15, 0.2) is 46.9 Å². The zero-order chi connectivity index (χ0) is 13.1. The lowest BCUT2D eigenvalue weighted by Crippen LogP contribution is -2.16. The second-order valence-electron chi connectivity index (χ2n) is 4.55. The van der Waals surface area contributed by atoms with E-state index < -0.39 is 0 Å². The SMILES string of the molecule is Cc1ccc(N(C)Cc2ccc(N)cc2)c(Br)c1. The van der Waals surface area contributed by atoms with Crippen LogP contribution in [0.1, 0.15) is 11.1 Å². The van der Waals surface area contributed by atoms with Crippen molar-refractivity contribution in [2.75, 3.05) is 17.7 Å². The maximum absolute atomic E-state index is 5.69. The predicted octanol–water partition coefficient (Wildman–Crippen LogP) is 3.98. The molecule has 2 nitrogen and oxygen atoms in total. The summed E-state index contributed by atoms with van der Waals surface area (Å²) in [5.41, 5.74) is 10.2. The third-order valence-electron chi connectivity index (χ3n) is 2.91. The molecule has 94 valence electrons. The molecule has 0 spiro atoms. The van der Waals surface area contributed by atoms with Crippen molar-refractivity contribution in [3.8, 4) is 0 Å². The molecule has 0 aromatic heterocycles. The maximum Gasteiger partial charge on any atom is 0.0511 e. The highest BCUT2D eigenvalue weighted by Gasteiger charge is 2.06. The fraction of sp³-hybridized carbons (Fsp3) is 0.200. The minimum absolute atomic E-state index is 0.804. The van der Waals surface area contributed by atoms with Gasteiger partial charge in [0.25, 0.3) is 0 Å². The van der Waals surface area contributed by atoms with E-state index >= 15 is 0 Å². The minimum atomic E-state index is 0.804. The number of benzene rings is 2. The van der Waals surface area contributed by atoms with Gasteiger partial charge in [0.15, 0.2) is 0 Å². The van der Waals surface area contributed by atoms with Crippen molar-refractivity contribution in [1.82, 2.24) is 0 Å². The van der Waals surface area contributed by atoms with Gasteiger partial charge < -0.3 is 10.6 Å². The summed E-state index contributed by atoms with van der Waals surface area (Å²) < 4.78 is 1.13. The lowest BCUT2D eigenvalue weighted by Gasteiger charge is -2.21. The van der Waals surface area contributed by atoms with Crippen molar-refractivity contribution in [3.63, 3.8) is 0 Å². The van der Waals surface area contributed by atoms with E-state index in [9.17, 15) is 0 Å². The van der Waals surface area contributed by atoms with Gasteiger partial charge in [0, 0.05) is 23.8 Å². The Morgan fingerprint density at radius 1 is 1.11 bits per heavy atom. The molecule has 0 fully saturated rings. The molecule has 0 aliphatic carbocycles. The molecule has 18 heavy (non-hydrogen) atoms. The first-order valence-electron chi connectivity index (χ1n) is 5.88. The molecule has 2 rings (SSSR count). The monoisotopic (exact) mass is 304 g/mol. The number of anilines is 2. The summed E-state index contributed by atoms with van der Waals surface area (Å²) in [4.78, 5) is 2.22. The number of nitrogen functional groups attached to an aromatic ring is 1. The second-order valence-corrected chi connectivity index (χ2v) is 5.41. The molecule has 0 saturated heterocycles. The second kappa shape index (κ2) is 5.44. The molecule has 0 aliphatic rings. The van der Waals surface area contributed by atoms with E-state index in [1.807, 2.05) is 12.1 Å². The molecule has 0 aliphatic heterocycles. The van der Waals surface area contributed by atoms with Crippen LogP contribution in [0.25, 0.3) is 0 Å². The van der Waals surface area contributed by atoms with Gasteiger partial charge in [0.2, 0.25) is 0 Å². The molecule has 2 N–H and O–H groups in total. The summed E-state index contributed by atoms with van der Waals surface area (Å²) in [6.07, 6.45) is 0. The Hall–Kier alpha value is -1.48. The number of halogens is 1. The van der Waals surface area contributed by atoms with E-state index in [1.165, 1.54) is 16.8 Å². The van der Waals surface area contributed by atoms with E-state index in [2.05, 4.69) is 65.1 Å². The van der Waals surface area contributed by atoms with Gasteiger partial charge in [-0.05, 0) is 58.2 Å². The number of aryl methyl sites for hydroxylation is 1. The summed E-state index contributed by atoms with van der Waals surface area (Å²) in [5, 5.41) is 0. The van der Waals surface area contributed by atoms with Gasteiger partial charge in [-0.2, -0.15) is 0 Å². The van der Waals surface area contributed by atoms with E-state index in [4.69, 9.17) is 5.73 Å². The highest BCUT2D eigenvalue weighted by atomic mass is 79.9. The molecule has 0 atom stereocenters. The third-order valence-corrected chi connectivity index (χ3v) is 3.55. The number of rotatable bonds is 3. The Balaban J connectivity index is 2.16. The molecular weight excluding hydrogens is 288 g/mol. The van der Waals surface area contributed by atoms with E-state index in [0.717, 1.165) is 16.7 Å². The van der Waals surface area contributed by atoms with Crippen molar-refractivity contribution in [1.29, 1.82) is 0 Å². The average molecular weight is 305 g/mol. The quantitative estimate of drug-likeness (QED) is 0.869. The molecule has 3 heteroatoms. The van der Waals surface area contributed by atoms with Crippen LogP contribution in [-0.4, -0.2) is 7.05 Å².